The SMILES string of the molecule is CN(c1ccc(Oc2nc3cnccc3c(=O)[nH]2)cc1)c1ccc(OC2CCOC2)cc1. The number of anilines is 2. The van der Waals surface area contributed by atoms with Gasteiger partial charge in [-0.15, -0.1) is 0 Å². The highest BCUT2D eigenvalue weighted by atomic mass is 16.5. The van der Waals surface area contributed by atoms with E-state index in [0.29, 0.717) is 23.3 Å². The number of fused-ring (bicyclic) bond motifs is 1. The van der Waals surface area contributed by atoms with E-state index < -0.39 is 0 Å². The summed E-state index contributed by atoms with van der Waals surface area (Å²) in [6.07, 6.45) is 4.15. The van der Waals surface area contributed by atoms with Crippen molar-refractivity contribution in [1.29, 1.82) is 0 Å². The molecular weight excluding hydrogens is 408 g/mol. The fourth-order valence-corrected chi connectivity index (χ4v) is 3.56. The van der Waals surface area contributed by atoms with Gasteiger partial charge in [0, 0.05) is 31.0 Å². The lowest BCUT2D eigenvalue weighted by molar-refractivity contribution is 0.141. The summed E-state index contributed by atoms with van der Waals surface area (Å²) in [6, 6.07) is 17.3. The number of H-pyrrole nitrogens is 1. The molecule has 1 saturated heterocycles. The van der Waals surface area contributed by atoms with E-state index >= 15 is 0 Å². The second-order valence-electron chi connectivity index (χ2n) is 7.52. The lowest BCUT2D eigenvalue weighted by atomic mass is 10.2. The normalized spacial score (nSPS) is 15.6. The Morgan fingerprint density at radius 1 is 1.03 bits per heavy atom. The number of ether oxygens (including phenoxy) is 3. The molecule has 0 amide bonds. The van der Waals surface area contributed by atoms with Gasteiger partial charge in [0.05, 0.1) is 30.3 Å². The van der Waals surface area contributed by atoms with E-state index in [1.807, 2.05) is 55.6 Å². The number of nitrogens with one attached hydrogen (secondary N) is 1. The second kappa shape index (κ2) is 8.68. The van der Waals surface area contributed by atoms with Crippen LogP contribution in [0.25, 0.3) is 10.9 Å². The number of rotatable bonds is 6. The molecule has 1 aliphatic heterocycles. The maximum atomic E-state index is 12.2. The fraction of sp³-hybridized carbons (Fsp3) is 0.208. The summed E-state index contributed by atoms with van der Waals surface area (Å²) < 4.78 is 17.0. The summed E-state index contributed by atoms with van der Waals surface area (Å²) >= 11 is 0. The van der Waals surface area contributed by atoms with E-state index in [1.165, 1.54) is 6.20 Å². The Hall–Kier alpha value is -3.91. The van der Waals surface area contributed by atoms with Crippen molar-refractivity contribution in [2.75, 3.05) is 25.2 Å². The summed E-state index contributed by atoms with van der Waals surface area (Å²) in [4.78, 5) is 25.2. The predicted molar refractivity (Wildman–Crippen MR) is 121 cm³/mol. The van der Waals surface area contributed by atoms with Crippen LogP contribution in [0.5, 0.6) is 17.5 Å². The van der Waals surface area contributed by atoms with Crippen LogP contribution in [0.2, 0.25) is 0 Å². The van der Waals surface area contributed by atoms with Crippen molar-refractivity contribution in [2.45, 2.75) is 12.5 Å². The van der Waals surface area contributed by atoms with E-state index in [-0.39, 0.29) is 17.7 Å². The minimum absolute atomic E-state index is 0.125. The maximum Gasteiger partial charge on any atom is 0.302 e. The van der Waals surface area contributed by atoms with Crippen LogP contribution < -0.4 is 19.9 Å². The number of pyridine rings is 1. The number of aromatic nitrogens is 3. The van der Waals surface area contributed by atoms with E-state index in [9.17, 15) is 4.79 Å². The summed E-state index contributed by atoms with van der Waals surface area (Å²) in [6.45, 7) is 1.41. The molecule has 0 aliphatic carbocycles. The van der Waals surface area contributed by atoms with Crippen LogP contribution in [0.15, 0.2) is 71.8 Å². The van der Waals surface area contributed by atoms with Crippen LogP contribution in [0.3, 0.4) is 0 Å². The molecule has 8 heteroatoms. The molecule has 1 unspecified atom stereocenters. The zero-order valence-electron chi connectivity index (χ0n) is 17.5. The van der Waals surface area contributed by atoms with Gasteiger partial charge in [-0.1, -0.05) is 0 Å². The maximum absolute atomic E-state index is 12.2. The molecule has 1 N–H and O–H groups in total. The quantitative estimate of drug-likeness (QED) is 0.494. The third-order valence-corrected chi connectivity index (χ3v) is 5.34. The molecule has 2 aromatic carbocycles. The molecule has 0 spiro atoms. The molecular formula is C24H22N4O4. The molecule has 5 rings (SSSR count). The van der Waals surface area contributed by atoms with Gasteiger partial charge < -0.3 is 19.1 Å². The average molecular weight is 430 g/mol. The van der Waals surface area contributed by atoms with Gasteiger partial charge in [0.1, 0.15) is 17.6 Å². The van der Waals surface area contributed by atoms with Crippen molar-refractivity contribution in [3.8, 4) is 17.5 Å². The molecule has 0 radical (unpaired) electrons. The van der Waals surface area contributed by atoms with Crippen molar-refractivity contribution in [3.05, 3.63) is 77.3 Å². The van der Waals surface area contributed by atoms with Crippen LogP contribution in [0.4, 0.5) is 11.4 Å². The molecule has 1 atom stereocenters. The van der Waals surface area contributed by atoms with Crippen LogP contribution in [0.1, 0.15) is 6.42 Å². The molecule has 0 bridgehead atoms. The standard InChI is InChI=1S/C24H22N4O4/c1-28(16-2-6-18(7-3-16)31-20-11-13-30-15-20)17-4-8-19(9-5-17)32-24-26-22-14-25-12-10-21(22)23(29)27-24/h2-10,12,14,20H,11,13,15H2,1H3,(H,26,27,29). The van der Waals surface area contributed by atoms with Crippen molar-refractivity contribution in [2.24, 2.45) is 0 Å². The molecule has 3 heterocycles. The van der Waals surface area contributed by atoms with Crippen molar-refractivity contribution in [3.63, 3.8) is 0 Å². The number of nitrogens with zero attached hydrogens (tertiary/aromatic N) is 3. The van der Waals surface area contributed by atoms with E-state index in [4.69, 9.17) is 14.2 Å². The Balaban J connectivity index is 1.27. The number of hydrogen-bond donors (Lipinski definition) is 1. The summed E-state index contributed by atoms with van der Waals surface area (Å²) in [5, 5.41) is 0.470. The van der Waals surface area contributed by atoms with Gasteiger partial charge in [-0.2, -0.15) is 4.98 Å². The Morgan fingerprint density at radius 3 is 2.44 bits per heavy atom. The Bertz CT molecular complexity index is 1270. The Kier molecular flexibility index (Phi) is 5.43. The van der Waals surface area contributed by atoms with Crippen LogP contribution in [0, 0.1) is 0 Å². The first-order valence-corrected chi connectivity index (χ1v) is 10.4. The topological polar surface area (TPSA) is 89.6 Å². The molecule has 1 aliphatic rings. The van der Waals surface area contributed by atoms with Crippen LogP contribution in [-0.4, -0.2) is 41.3 Å². The molecule has 4 aromatic rings. The third-order valence-electron chi connectivity index (χ3n) is 5.34. The summed E-state index contributed by atoms with van der Waals surface area (Å²) in [7, 11) is 1.99. The second-order valence-corrected chi connectivity index (χ2v) is 7.52. The largest absolute Gasteiger partial charge is 0.488 e. The van der Waals surface area contributed by atoms with Gasteiger partial charge in [-0.05, 0) is 54.6 Å². The zero-order valence-corrected chi connectivity index (χ0v) is 17.5. The first-order valence-electron chi connectivity index (χ1n) is 10.4. The molecule has 1 fully saturated rings. The number of benzene rings is 2. The first-order chi connectivity index (χ1) is 15.7. The van der Waals surface area contributed by atoms with Crippen molar-refractivity contribution < 1.29 is 14.2 Å². The van der Waals surface area contributed by atoms with E-state index in [1.54, 1.807) is 12.3 Å². The number of hydrogen-bond acceptors (Lipinski definition) is 7. The van der Waals surface area contributed by atoms with Gasteiger partial charge in [0.15, 0.2) is 0 Å². The fourth-order valence-electron chi connectivity index (χ4n) is 3.56. The Morgan fingerprint density at radius 2 is 1.75 bits per heavy atom. The lowest BCUT2D eigenvalue weighted by Gasteiger charge is -2.20. The molecule has 2 aromatic heterocycles. The molecule has 162 valence electrons. The predicted octanol–water partition coefficient (Wildman–Crippen LogP) is 4.05. The lowest BCUT2D eigenvalue weighted by Crippen LogP contribution is -2.15. The highest BCUT2D eigenvalue weighted by molar-refractivity contribution is 5.76. The number of aromatic amines is 1. The van der Waals surface area contributed by atoms with Crippen LogP contribution in [-0.2, 0) is 4.74 Å². The van der Waals surface area contributed by atoms with Gasteiger partial charge >= 0.3 is 6.01 Å². The smallest absolute Gasteiger partial charge is 0.302 e. The minimum Gasteiger partial charge on any atom is -0.488 e. The highest BCUT2D eigenvalue weighted by Gasteiger charge is 2.17. The third kappa shape index (κ3) is 4.26. The molecule has 32 heavy (non-hydrogen) atoms. The Labute approximate surface area is 184 Å². The van der Waals surface area contributed by atoms with Gasteiger partial charge in [0.25, 0.3) is 5.56 Å². The summed E-state index contributed by atoms with van der Waals surface area (Å²) in [5.74, 6) is 1.41. The van der Waals surface area contributed by atoms with Crippen LogP contribution >= 0.6 is 0 Å². The van der Waals surface area contributed by atoms with Crippen molar-refractivity contribution in [1.82, 2.24) is 15.0 Å². The highest BCUT2D eigenvalue weighted by Crippen LogP contribution is 2.29. The minimum atomic E-state index is -0.267. The van der Waals surface area contributed by atoms with Gasteiger partial charge in [-0.3, -0.25) is 14.8 Å². The monoisotopic (exact) mass is 430 g/mol. The molecule has 0 saturated carbocycles. The van der Waals surface area contributed by atoms with Gasteiger partial charge in [-0.25, -0.2) is 0 Å². The summed E-state index contributed by atoms with van der Waals surface area (Å²) in [5.41, 5.74) is 2.23. The van der Waals surface area contributed by atoms with E-state index in [2.05, 4.69) is 19.9 Å². The molecule has 8 nitrogen and oxygen atoms in total. The van der Waals surface area contributed by atoms with E-state index in [0.717, 1.165) is 30.2 Å². The van der Waals surface area contributed by atoms with Gasteiger partial charge in [0.2, 0.25) is 0 Å². The van der Waals surface area contributed by atoms with Crippen molar-refractivity contribution >= 4 is 22.3 Å². The zero-order chi connectivity index (χ0) is 21.9. The first kappa shape index (κ1) is 20.0. The average Bonchev–Trinajstić information content (AvgIpc) is 3.33.